The third-order valence-electron chi connectivity index (χ3n) is 1.48. The van der Waals surface area contributed by atoms with Crippen LogP contribution in [0.25, 0.3) is 0 Å². The monoisotopic (exact) mass is 234 g/mol. The molecule has 1 aromatic carbocycles. The molecule has 76 valence electrons. The third kappa shape index (κ3) is 4.09. The van der Waals surface area contributed by atoms with Crippen LogP contribution in [0.15, 0.2) is 30.3 Å². The van der Waals surface area contributed by atoms with Crippen LogP contribution in [0.5, 0.6) is 0 Å². The van der Waals surface area contributed by atoms with Crippen molar-refractivity contribution in [3.8, 4) is 0 Å². The first kappa shape index (κ1) is 11.5. The van der Waals surface area contributed by atoms with Gasteiger partial charge in [-0.3, -0.25) is 4.57 Å². The van der Waals surface area contributed by atoms with Crippen molar-refractivity contribution in [1.82, 2.24) is 4.86 Å². The fourth-order valence-corrected chi connectivity index (χ4v) is 3.06. The zero-order valence-corrected chi connectivity index (χ0v) is 8.99. The molecule has 0 fully saturated rings. The van der Waals surface area contributed by atoms with E-state index in [1.165, 1.54) is 0 Å². The molecule has 2 atom stereocenters. The molecule has 0 amide bonds. The van der Waals surface area contributed by atoms with Crippen LogP contribution < -0.4 is 4.86 Å². The van der Waals surface area contributed by atoms with Crippen LogP contribution in [0, 0.1) is 0 Å². The molecule has 5 nitrogen and oxygen atoms in total. The summed E-state index contributed by atoms with van der Waals surface area (Å²) < 4.78 is 21.6. The zero-order chi connectivity index (χ0) is 10.6. The van der Waals surface area contributed by atoms with E-state index >= 15 is 0 Å². The normalized spacial score (nSPS) is 16.0. The fourth-order valence-electron chi connectivity index (χ4n) is 1.000. The molecule has 0 aliphatic rings. The molecule has 0 aliphatic heterocycles. The summed E-state index contributed by atoms with van der Waals surface area (Å²) in [6.45, 7) is 0. The summed E-state index contributed by atoms with van der Waals surface area (Å²) in [6, 6.07) is 8.60. The quantitative estimate of drug-likeness (QED) is 0.689. The highest BCUT2D eigenvalue weighted by atomic mass is 31.2. The fraction of sp³-hybridized carbons (Fsp3) is 0.143. The summed E-state index contributed by atoms with van der Waals surface area (Å²) >= 11 is 0. The molecule has 0 radical (unpaired) electrons. The second kappa shape index (κ2) is 4.78. The van der Waals surface area contributed by atoms with Gasteiger partial charge in [0.15, 0.2) is 0 Å². The van der Waals surface area contributed by atoms with Crippen LogP contribution in [-0.2, 0) is 15.3 Å². The van der Waals surface area contributed by atoms with Crippen LogP contribution in [-0.4, -0.2) is 9.79 Å². The lowest BCUT2D eigenvalue weighted by molar-refractivity contribution is 0.461. The van der Waals surface area contributed by atoms with E-state index in [0.29, 0.717) is 5.56 Å². The van der Waals surface area contributed by atoms with Crippen LogP contribution in [0.3, 0.4) is 0 Å². The second-order valence-electron chi connectivity index (χ2n) is 2.72. The van der Waals surface area contributed by atoms with Crippen LogP contribution >= 0.6 is 15.7 Å². The van der Waals surface area contributed by atoms with Gasteiger partial charge < -0.3 is 4.89 Å². The number of rotatable bonds is 4. The molecule has 0 saturated carbocycles. The molecule has 14 heavy (non-hydrogen) atoms. The lowest BCUT2D eigenvalue weighted by Crippen LogP contribution is -2.01. The van der Waals surface area contributed by atoms with Crippen molar-refractivity contribution < 1.29 is 18.9 Å². The van der Waals surface area contributed by atoms with Crippen molar-refractivity contribution in [3.05, 3.63) is 35.9 Å². The summed E-state index contributed by atoms with van der Waals surface area (Å²) in [4.78, 5) is 19.4. The van der Waals surface area contributed by atoms with E-state index in [1.54, 1.807) is 35.2 Å². The summed E-state index contributed by atoms with van der Waals surface area (Å²) in [5, 5.41) is 0. The molecule has 0 heterocycles. The van der Waals surface area contributed by atoms with Crippen molar-refractivity contribution >= 4 is 15.7 Å². The molecular formula is C7H10NO4P2+. The molecule has 0 aliphatic carbocycles. The minimum atomic E-state index is -3.75. The Morgan fingerprint density at radius 3 is 2.43 bits per heavy atom. The minimum absolute atomic E-state index is 0.157. The van der Waals surface area contributed by atoms with Gasteiger partial charge in [-0.2, -0.15) is 0 Å². The van der Waals surface area contributed by atoms with Gasteiger partial charge in [-0.15, -0.1) is 4.89 Å². The largest absolute Gasteiger partial charge is 0.619 e. The van der Waals surface area contributed by atoms with E-state index in [0.717, 1.165) is 0 Å². The number of hydrogen-bond acceptors (Lipinski definition) is 2. The first-order valence-corrected chi connectivity index (χ1v) is 6.85. The van der Waals surface area contributed by atoms with E-state index < -0.39 is 15.7 Å². The highest BCUT2D eigenvalue weighted by Crippen LogP contribution is 2.44. The average Bonchev–Trinajstić information content (AvgIpc) is 2.02. The standard InChI is InChI=1S/C7H9NO4P2/c9-13(10)8-14(11,12)6-7-4-2-1-3-5-7/h1-5H,6H2,(H2-,8,9,10,11,12)/p+1. The maximum Gasteiger partial charge on any atom is 0.619 e. The average molecular weight is 234 g/mol. The lowest BCUT2D eigenvalue weighted by Gasteiger charge is -2.04. The summed E-state index contributed by atoms with van der Waals surface area (Å²) in [7, 11) is -6.55. The second-order valence-corrected chi connectivity index (χ2v) is 5.78. The van der Waals surface area contributed by atoms with Gasteiger partial charge in [-0.05, 0) is 10.1 Å². The predicted molar refractivity (Wildman–Crippen MR) is 52.9 cm³/mol. The Bertz CT molecular complexity index is 367. The Labute approximate surface area is 82.2 Å². The first-order chi connectivity index (χ1) is 6.49. The molecule has 0 spiro atoms. The first-order valence-electron chi connectivity index (χ1n) is 3.79. The molecule has 0 bridgehead atoms. The Balaban J connectivity index is 2.69. The van der Waals surface area contributed by atoms with E-state index in [2.05, 4.69) is 0 Å². The Kier molecular flexibility index (Phi) is 3.93. The predicted octanol–water partition coefficient (Wildman–Crippen LogP) is 1.61. The number of nitrogens with one attached hydrogen (secondary N) is 1. The van der Waals surface area contributed by atoms with E-state index in [-0.39, 0.29) is 6.16 Å². The van der Waals surface area contributed by atoms with Gasteiger partial charge in [0.25, 0.3) is 0 Å². The van der Waals surface area contributed by atoms with Crippen molar-refractivity contribution in [2.45, 2.75) is 6.16 Å². The molecular weight excluding hydrogens is 224 g/mol. The van der Waals surface area contributed by atoms with Crippen molar-refractivity contribution in [2.75, 3.05) is 0 Å². The van der Waals surface area contributed by atoms with Crippen molar-refractivity contribution in [1.29, 1.82) is 0 Å². The third-order valence-corrected chi connectivity index (χ3v) is 4.21. The molecule has 0 aromatic heterocycles. The Morgan fingerprint density at radius 1 is 1.36 bits per heavy atom. The summed E-state index contributed by atoms with van der Waals surface area (Å²) in [6.07, 6.45) is -0.157. The van der Waals surface area contributed by atoms with Crippen molar-refractivity contribution in [3.63, 3.8) is 0 Å². The summed E-state index contributed by atoms with van der Waals surface area (Å²) in [5.41, 5.74) is 0.641. The molecule has 0 saturated heterocycles. The smallest absolute Gasteiger partial charge is 0.331 e. The van der Waals surface area contributed by atoms with Gasteiger partial charge in [0.05, 0.1) is 6.16 Å². The van der Waals surface area contributed by atoms with E-state index in [1.807, 2.05) is 0 Å². The highest BCUT2D eigenvalue weighted by molar-refractivity contribution is 7.64. The Hall–Kier alpha value is -0.570. The minimum Gasteiger partial charge on any atom is -0.331 e. The number of hydrogen-bond donors (Lipinski definition) is 3. The van der Waals surface area contributed by atoms with E-state index in [9.17, 15) is 14.0 Å². The summed E-state index contributed by atoms with van der Waals surface area (Å²) in [5.74, 6) is 0. The van der Waals surface area contributed by atoms with Gasteiger partial charge in [-0.1, -0.05) is 30.3 Å². The lowest BCUT2D eigenvalue weighted by atomic mass is 10.2. The maximum atomic E-state index is 11.3. The SMILES string of the molecule is O=[P+](O)NP(=O)(O)Cc1ccccc1. The number of benzene rings is 1. The van der Waals surface area contributed by atoms with Gasteiger partial charge in [0.1, 0.15) is 0 Å². The van der Waals surface area contributed by atoms with Crippen molar-refractivity contribution in [2.24, 2.45) is 0 Å². The zero-order valence-electron chi connectivity index (χ0n) is 7.20. The Morgan fingerprint density at radius 2 is 1.93 bits per heavy atom. The topological polar surface area (TPSA) is 86.6 Å². The van der Waals surface area contributed by atoms with Crippen LogP contribution in [0.2, 0.25) is 0 Å². The van der Waals surface area contributed by atoms with Gasteiger partial charge in [0, 0.05) is 4.86 Å². The van der Waals surface area contributed by atoms with Gasteiger partial charge >= 0.3 is 15.7 Å². The maximum absolute atomic E-state index is 11.3. The van der Waals surface area contributed by atoms with Gasteiger partial charge in [0.2, 0.25) is 0 Å². The molecule has 7 heteroatoms. The van der Waals surface area contributed by atoms with E-state index in [4.69, 9.17) is 4.89 Å². The van der Waals surface area contributed by atoms with Crippen LogP contribution in [0.1, 0.15) is 5.56 Å². The molecule has 1 rings (SSSR count). The molecule has 3 N–H and O–H groups in total. The van der Waals surface area contributed by atoms with Gasteiger partial charge in [-0.25, -0.2) is 0 Å². The highest BCUT2D eigenvalue weighted by Gasteiger charge is 2.29. The van der Waals surface area contributed by atoms with Crippen LogP contribution in [0.4, 0.5) is 0 Å². The molecule has 1 aromatic rings. The molecule has 2 unspecified atom stereocenters.